The Kier molecular flexibility index (Phi) is 7.37. The lowest BCUT2D eigenvalue weighted by Gasteiger charge is -2.15. The van der Waals surface area contributed by atoms with E-state index in [4.69, 9.17) is 4.42 Å². The van der Waals surface area contributed by atoms with Gasteiger partial charge in [0.1, 0.15) is 17.3 Å². The predicted molar refractivity (Wildman–Crippen MR) is 144 cm³/mol. The number of alkyl halides is 6. The van der Waals surface area contributed by atoms with Crippen molar-refractivity contribution in [2.75, 3.05) is 6.26 Å². The highest BCUT2D eigenvalue weighted by Crippen LogP contribution is 2.40. The van der Waals surface area contributed by atoms with Crippen LogP contribution in [0.1, 0.15) is 17.4 Å². The lowest BCUT2D eigenvalue weighted by molar-refractivity contribution is -0.274. The van der Waals surface area contributed by atoms with Gasteiger partial charge in [0.05, 0.1) is 10.6 Å². The maximum absolute atomic E-state index is 13.5. The molecule has 0 amide bonds. The van der Waals surface area contributed by atoms with Crippen LogP contribution >= 0.6 is 0 Å². The maximum Gasteiger partial charge on any atom is 0.573 e. The average molecular weight is 622 g/mol. The molecule has 0 saturated carbocycles. The second-order valence-electron chi connectivity index (χ2n) is 9.56. The molecule has 2 heterocycles. The molecule has 14 heteroatoms. The highest BCUT2D eigenvalue weighted by Gasteiger charge is 2.35. The van der Waals surface area contributed by atoms with Crippen molar-refractivity contribution in [1.82, 2.24) is 14.5 Å². The molecule has 2 aromatic heterocycles. The molecule has 7 nitrogen and oxygen atoms in total. The van der Waals surface area contributed by atoms with Crippen LogP contribution in [-0.2, 0) is 16.0 Å². The van der Waals surface area contributed by atoms with Crippen LogP contribution in [0.25, 0.3) is 39.4 Å². The highest BCUT2D eigenvalue weighted by molar-refractivity contribution is 7.90. The molecule has 224 valence electrons. The van der Waals surface area contributed by atoms with E-state index in [1.807, 2.05) is 0 Å². The van der Waals surface area contributed by atoms with Gasteiger partial charge in [0.15, 0.2) is 27.2 Å². The van der Waals surface area contributed by atoms with Crippen molar-refractivity contribution >= 4 is 9.84 Å². The molecule has 43 heavy (non-hydrogen) atoms. The summed E-state index contributed by atoms with van der Waals surface area (Å²) in [4.78, 5) is 8.14. The van der Waals surface area contributed by atoms with E-state index in [1.54, 1.807) is 24.3 Å². The molecule has 0 bridgehead atoms. The quantitative estimate of drug-likeness (QED) is 0.180. The van der Waals surface area contributed by atoms with E-state index in [-0.39, 0.29) is 44.9 Å². The SMILES string of the molecule is Cc1nc(-c2cc(-c3cccc(S(C)(=O)=O)c3)ccc2-n2cc(C(F)(F)F)nc2C)c(-c2cccc(OC(F)(F)F)c2)o1. The lowest BCUT2D eigenvalue weighted by Crippen LogP contribution is -2.17. The molecule has 0 spiro atoms. The first-order valence-electron chi connectivity index (χ1n) is 12.4. The van der Waals surface area contributed by atoms with Crippen LogP contribution in [0.5, 0.6) is 5.75 Å². The van der Waals surface area contributed by atoms with Gasteiger partial charge in [0, 0.05) is 30.5 Å². The van der Waals surface area contributed by atoms with Crippen molar-refractivity contribution < 1.29 is 43.9 Å². The minimum atomic E-state index is -4.95. The molecule has 0 radical (unpaired) electrons. The third kappa shape index (κ3) is 6.43. The van der Waals surface area contributed by atoms with Gasteiger partial charge in [-0.15, -0.1) is 13.2 Å². The third-order valence-electron chi connectivity index (χ3n) is 6.34. The highest BCUT2D eigenvalue weighted by atomic mass is 32.2. The van der Waals surface area contributed by atoms with Gasteiger partial charge in [-0.1, -0.05) is 30.3 Å². The number of aryl methyl sites for hydroxylation is 2. The third-order valence-corrected chi connectivity index (χ3v) is 7.45. The largest absolute Gasteiger partial charge is 0.573 e. The number of hydrogen-bond acceptors (Lipinski definition) is 6. The molecule has 5 rings (SSSR count). The van der Waals surface area contributed by atoms with Crippen molar-refractivity contribution in [2.24, 2.45) is 0 Å². The molecule has 0 aliphatic carbocycles. The maximum atomic E-state index is 13.5. The fraction of sp³-hybridized carbons (Fsp3) is 0.172. The number of aromatic nitrogens is 3. The van der Waals surface area contributed by atoms with E-state index in [1.165, 1.54) is 48.7 Å². The fourth-order valence-corrected chi connectivity index (χ4v) is 5.18. The topological polar surface area (TPSA) is 87.2 Å². The average Bonchev–Trinajstić information content (AvgIpc) is 3.50. The second kappa shape index (κ2) is 10.6. The van der Waals surface area contributed by atoms with Gasteiger partial charge in [-0.25, -0.2) is 18.4 Å². The van der Waals surface area contributed by atoms with E-state index < -0.39 is 33.8 Å². The van der Waals surface area contributed by atoms with Gasteiger partial charge < -0.3 is 13.7 Å². The van der Waals surface area contributed by atoms with Gasteiger partial charge in [-0.05, 0) is 54.4 Å². The molecule has 0 aliphatic heterocycles. The van der Waals surface area contributed by atoms with Gasteiger partial charge in [-0.2, -0.15) is 13.2 Å². The van der Waals surface area contributed by atoms with E-state index in [9.17, 15) is 34.8 Å². The van der Waals surface area contributed by atoms with E-state index in [0.29, 0.717) is 11.1 Å². The number of halogens is 6. The Morgan fingerprint density at radius 2 is 1.51 bits per heavy atom. The summed E-state index contributed by atoms with van der Waals surface area (Å²) in [7, 11) is -3.56. The summed E-state index contributed by atoms with van der Waals surface area (Å²) < 4.78 is 115. The molecular formula is C29H21F6N3O4S. The number of oxazole rings is 1. The zero-order valence-corrected chi connectivity index (χ0v) is 23.4. The van der Waals surface area contributed by atoms with Gasteiger partial charge in [0.25, 0.3) is 0 Å². The van der Waals surface area contributed by atoms with Crippen molar-refractivity contribution in [3.8, 4) is 45.1 Å². The summed E-state index contributed by atoms with van der Waals surface area (Å²) in [5, 5.41) is 0. The standard InChI is InChI=1S/C29H21F6N3O4S/c1-16-36-25(28(30,31)32)15-38(16)24-11-10-19(18-6-5-9-22(13-18)43(3,39)40)14-23(24)26-27(41-17(2)37-26)20-7-4-8-21(12-20)42-29(33,34)35/h4-15H,1-3H3. The summed E-state index contributed by atoms with van der Waals surface area (Å²) in [6.45, 7) is 2.89. The summed E-state index contributed by atoms with van der Waals surface area (Å²) in [5.74, 6) is -0.359. The van der Waals surface area contributed by atoms with Crippen molar-refractivity contribution in [1.29, 1.82) is 0 Å². The van der Waals surface area contributed by atoms with Crippen LogP contribution in [0.2, 0.25) is 0 Å². The van der Waals surface area contributed by atoms with E-state index >= 15 is 0 Å². The normalized spacial score (nSPS) is 12.5. The Labute approximate surface area is 241 Å². The minimum Gasteiger partial charge on any atom is -0.440 e. The Morgan fingerprint density at radius 3 is 2.16 bits per heavy atom. The molecule has 5 aromatic rings. The van der Waals surface area contributed by atoms with Gasteiger partial charge in [0.2, 0.25) is 0 Å². The zero-order valence-electron chi connectivity index (χ0n) is 22.6. The summed E-state index contributed by atoms with van der Waals surface area (Å²) >= 11 is 0. The monoisotopic (exact) mass is 621 g/mol. The van der Waals surface area contributed by atoms with Crippen LogP contribution in [0, 0.1) is 13.8 Å². The summed E-state index contributed by atoms with van der Waals surface area (Å²) in [5.41, 5.74) is 0.557. The molecular weight excluding hydrogens is 600 g/mol. The zero-order chi connectivity index (χ0) is 31.3. The van der Waals surface area contributed by atoms with Crippen LogP contribution < -0.4 is 4.74 Å². The number of sulfone groups is 1. The first-order valence-corrected chi connectivity index (χ1v) is 14.3. The first kappa shape index (κ1) is 29.9. The molecule has 0 fully saturated rings. The smallest absolute Gasteiger partial charge is 0.440 e. The fourth-order valence-electron chi connectivity index (χ4n) is 4.51. The second-order valence-corrected chi connectivity index (χ2v) is 11.6. The summed E-state index contributed by atoms with van der Waals surface area (Å²) in [6, 6.07) is 15.8. The number of nitrogens with zero attached hydrogens (tertiary/aromatic N) is 3. The number of benzene rings is 3. The van der Waals surface area contributed by atoms with Crippen LogP contribution in [0.4, 0.5) is 26.3 Å². The van der Waals surface area contributed by atoms with Crippen molar-refractivity contribution in [2.45, 2.75) is 31.3 Å². The van der Waals surface area contributed by atoms with Gasteiger partial charge in [-0.3, -0.25) is 0 Å². The molecule has 0 saturated heterocycles. The van der Waals surface area contributed by atoms with E-state index in [0.717, 1.165) is 24.6 Å². The number of imidazole rings is 1. The van der Waals surface area contributed by atoms with Crippen LogP contribution in [0.3, 0.4) is 0 Å². The molecule has 0 atom stereocenters. The molecule has 3 aromatic carbocycles. The Hall–Kier alpha value is -4.59. The number of rotatable bonds is 6. The predicted octanol–water partition coefficient (Wildman–Crippen LogP) is 7.80. The summed E-state index contributed by atoms with van der Waals surface area (Å²) in [6.07, 6.45) is -7.79. The Bertz CT molecular complexity index is 1940. The molecule has 0 N–H and O–H groups in total. The number of hydrogen-bond donors (Lipinski definition) is 0. The minimum absolute atomic E-state index is 0.00254. The van der Waals surface area contributed by atoms with Crippen LogP contribution in [0.15, 0.2) is 82.2 Å². The van der Waals surface area contributed by atoms with Crippen molar-refractivity contribution in [3.63, 3.8) is 0 Å². The van der Waals surface area contributed by atoms with Gasteiger partial charge >= 0.3 is 12.5 Å². The molecule has 0 aliphatic rings. The first-order chi connectivity index (χ1) is 20.0. The Morgan fingerprint density at radius 1 is 0.837 bits per heavy atom. The van der Waals surface area contributed by atoms with Crippen LogP contribution in [-0.4, -0.2) is 35.6 Å². The molecule has 0 unspecified atom stereocenters. The Balaban J connectivity index is 1.75. The van der Waals surface area contributed by atoms with E-state index in [2.05, 4.69) is 14.7 Å². The lowest BCUT2D eigenvalue weighted by atomic mass is 9.98. The van der Waals surface area contributed by atoms with Crippen molar-refractivity contribution in [3.05, 3.63) is 90.3 Å². The number of ether oxygens (including phenoxy) is 1.